The molecule has 0 bridgehead atoms. The van der Waals surface area contributed by atoms with Crippen molar-refractivity contribution in [3.8, 4) is 0 Å². The molecule has 0 spiro atoms. The van der Waals surface area contributed by atoms with Crippen molar-refractivity contribution in [1.82, 2.24) is 19.7 Å². The quantitative estimate of drug-likeness (QED) is 0.483. The zero-order valence-corrected chi connectivity index (χ0v) is 16.9. The summed E-state index contributed by atoms with van der Waals surface area (Å²) in [6.07, 6.45) is 5.65. The van der Waals surface area contributed by atoms with Crippen LogP contribution in [0, 0.1) is 0 Å². The van der Waals surface area contributed by atoms with Crippen LogP contribution in [0.1, 0.15) is 5.56 Å². The van der Waals surface area contributed by atoms with Gasteiger partial charge in [-0.15, -0.1) is 0 Å². The van der Waals surface area contributed by atoms with Gasteiger partial charge in [0.2, 0.25) is 11.9 Å². The van der Waals surface area contributed by atoms with Crippen molar-refractivity contribution in [2.75, 3.05) is 16.9 Å². The number of anilines is 3. The van der Waals surface area contributed by atoms with E-state index in [0.717, 1.165) is 6.26 Å². The molecule has 3 rings (SSSR count). The summed E-state index contributed by atoms with van der Waals surface area (Å²) in [6.45, 7) is 0.158. The monoisotopic (exact) mass is 435 g/mol. The van der Waals surface area contributed by atoms with Gasteiger partial charge in [-0.25, -0.2) is 13.4 Å². The lowest BCUT2D eigenvalue weighted by Gasteiger charge is -2.11. The number of rotatable bonds is 8. The Labute approximate surface area is 172 Å². The number of nitrogens with zero attached hydrogens (tertiary/aromatic N) is 4. The highest BCUT2D eigenvalue weighted by molar-refractivity contribution is 7.90. The second kappa shape index (κ2) is 8.45. The van der Waals surface area contributed by atoms with Crippen LogP contribution >= 0.6 is 11.6 Å². The van der Waals surface area contributed by atoms with Gasteiger partial charge in [-0.3, -0.25) is 9.48 Å². The van der Waals surface area contributed by atoms with Crippen molar-refractivity contribution in [2.45, 2.75) is 18.0 Å². The normalized spacial score (nSPS) is 11.2. The molecule has 0 radical (unpaired) electrons. The number of hydrogen-bond donors (Lipinski definition) is 3. The van der Waals surface area contributed by atoms with Crippen molar-refractivity contribution in [2.24, 2.45) is 5.73 Å². The Morgan fingerprint density at radius 1 is 1.28 bits per heavy atom. The minimum atomic E-state index is -3.36. The van der Waals surface area contributed by atoms with Gasteiger partial charge in [-0.2, -0.15) is 10.1 Å². The number of nitrogens with one attached hydrogen (secondary N) is 2. The van der Waals surface area contributed by atoms with E-state index in [9.17, 15) is 13.2 Å². The van der Waals surface area contributed by atoms with Crippen LogP contribution in [0.4, 0.5) is 17.5 Å². The van der Waals surface area contributed by atoms with E-state index in [1.54, 1.807) is 30.5 Å². The van der Waals surface area contributed by atoms with Crippen LogP contribution in [0.15, 0.2) is 47.8 Å². The van der Waals surface area contributed by atoms with Gasteiger partial charge in [0.1, 0.15) is 11.6 Å². The first-order chi connectivity index (χ1) is 13.7. The van der Waals surface area contributed by atoms with Crippen molar-refractivity contribution < 1.29 is 13.2 Å². The summed E-state index contributed by atoms with van der Waals surface area (Å²) in [5.74, 6) is 0.0622. The van der Waals surface area contributed by atoms with E-state index in [4.69, 9.17) is 17.3 Å². The average molecular weight is 436 g/mol. The topological polar surface area (TPSA) is 145 Å². The summed E-state index contributed by atoms with van der Waals surface area (Å²) >= 11 is 6.16. The third kappa shape index (κ3) is 5.42. The zero-order chi connectivity index (χ0) is 21.0. The number of amides is 1. The predicted octanol–water partition coefficient (Wildman–Crippen LogP) is 1.57. The summed E-state index contributed by atoms with van der Waals surface area (Å²) in [4.78, 5) is 19.6. The Bertz CT molecular complexity index is 1150. The summed E-state index contributed by atoms with van der Waals surface area (Å²) in [6, 6.07) is 6.68. The molecule has 0 fully saturated rings. The molecule has 0 saturated carbocycles. The summed E-state index contributed by atoms with van der Waals surface area (Å²) < 4.78 is 25.2. The van der Waals surface area contributed by atoms with Gasteiger partial charge in [-0.1, -0.05) is 29.8 Å². The lowest BCUT2D eigenvalue weighted by atomic mass is 10.2. The van der Waals surface area contributed by atoms with Crippen molar-refractivity contribution >= 4 is 44.8 Å². The molecule has 152 valence electrons. The number of nitrogens with two attached hydrogens (primary N) is 1. The zero-order valence-electron chi connectivity index (χ0n) is 15.3. The van der Waals surface area contributed by atoms with E-state index < -0.39 is 15.7 Å². The third-order valence-corrected chi connectivity index (χ3v) is 5.24. The highest BCUT2D eigenvalue weighted by Gasteiger charge is 2.13. The van der Waals surface area contributed by atoms with Gasteiger partial charge in [0.25, 0.3) is 0 Å². The Kier molecular flexibility index (Phi) is 5.99. The summed E-state index contributed by atoms with van der Waals surface area (Å²) in [5.41, 5.74) is 6.28. The minimum absolute atomic E-state index is 0.0459. The Balaban J connectivity index is 1.75. The molecule has 0 atom stereocenters. The van der Waals surface area contributed by atoms with E-state index in [1.807, 2.05) is 0 Å². The van der Waals surface area contributed by atoms with Crippen LogP contribution in [-0.4, -0.2) is 40.3 Å². The van der Waals surface area contributed by atoms with E-state index >= 15 is 0 Å². The van der Waals surface area contributed by atoms with Crippen molar-refractivity contribution in [1.29, 1.82) is 0 Å². The van der Waals surface area contributed by atoms with Crippen LogP contribution in [0.2, 0.25) is 5.02 Å². The predicted molar refractivity (Wildman–Crippen MR) is 109 cm³/mol. The number of hydrogen-bond acceptors (Lipinski definition) is 8. The van der Waals surface area contributed by atoms with Gasteiger partial charge in [0.15, 0.2) is 15.7 Å². The molecule has 4 N–H and O–H groups in total. The summed E-state index contributed by atoms with van der Waals surface area (Å²) in [5, 5.41) is 10.3. The highest BCUT2D eigenvalue weighted by atomic mass is 35.5. The number of halogens is 1. The summed E-state index contributed by atoms with van der Waals surface area (Å²) in [7, 11) is -3.36. The molecular weight excluding hydrogens is 418 g/mol. The number of aromatic nitrogens is 4. The molecule has 12 heteroatoms. The van der Waals surface area contributed by atoms with E-state index in [-0.39, 0.29) is 29.0 Å². The fraction of sp³-hybridized carbons (Fsp3) is 0.176. The molecule has 2 aromatic heterocycles. The van der Waals surface area contributed by atoms with Gasteiger partial charge in [0.05, 0.1) is 23.0 Å². The fourth-order valence-electron chi connectivity index (χ4n) is 2.55. The lowest BCUT2D eigenvalue weighted by molar-refractivity contribution is -0.118. The molecule has 0 saturated heterocycles. The SMILES string of the molecule is CS(=O)(=O)c1ccccc1CNc1nc(Nc2cnn(CC(N)=O)c2)ncc1Cl. The van der Waals surface area contributed by atoms with Gasteiger partial charge < -0.3 is 16.4 Å². The van der Waals surface area contributed by atoms with Gasteiger partial charge >= 0.3 is 0 Å². The molecule has 1 amide bonds. The third-order valence-electron chi connectivity index (χ3n) is 3.77. The molecule has 3 aromatic rings. The van der Waals surface area contributed by atoms with Crippen LogP contribution < -0.4 is 16.4 Å². The number of primary amides is 1. The molecule has 2 heterocycles. The number of carbonyl (C=O) groups excluding carboxylic acids is 1. The maximum atomic E-state index is 11.9. The van der Waals surface area contributed by atoms with E-state index in [2.05, 4.69) is 25.7 Å². The number of carbonyl (C=O) groups is 1. The van der Waals surface area contributed by atoms with Gasteiger partial charge in [-0.05, 0) is 11.6 Å². The fourth-order valence-corrected chi connectivity index (χ4v) is 3.65. The Morgan fingerprint density at radius 3 is 2.76 bits per heavy atom. The Hall–Kier alpha value is -3.18. The maximum absolute atomic E-state index is 11.9. The molecule has 29 heavy (non-hydrogen) atoms. The molecule has 0 aliphatic heterocycles. The first-order valence-electron chi connectivity index (χ1n) is 8.34. The van der Waals surface area contributed by atoms with Crippen molar-refractivity contribution in [3.63, 3.8) is 0 Å². The average Bonchev–Trinajstić information content (AvgIpc) is 3.07. The second-order valence-electron chi connectivity index (χ2n) is 6.14. The smallest absolute Gasteiger partial charge is 0.239 e. The van der Waals surface area contributed by atoms with Crippen LogP contribution in [0.5, 0.6) is 0 Å². The Morgan fingerprint density at radius 2 is 2.03 bits per heavy atom. The molecular formula is C17H18ClN7O3S. The lowest BCUT2D eigenvalue weighted by Crippen LogP contribution is -2.18. The number of benzene rings is 1. The second-order valence-corrected chi connectivity index (χ2v) is 8.53. The molecule has 10 nitrogen and oxygen atoms in total. The molecule has 0 aliphatic carbocycles. The first kappa shape index (κ1) is 20.6. The van der Waals surface area contributed by atoms with Crippen LogP contribution in [0.25, 0.3) is 0 Å². The number of sulfone groups is 1. The van der Waals surface area contributed by atoms with E-state index in [0.29, 0.717) is 17.1 Å². The molecule has 0 aliphatic rings. The van der Waals surface area contributed by atoms with E-state index in [1.165, 1.54) is 17.1 Å². The first-order valence-corrected chi connectivity index (χ1v) is 10.6. The van der Waals surface area contributed by atoms with Crippen LogP contribution in [0.3, 0.4) is 0 Å². The molecule has 0 unspecified atom stereocenters. The van der Waals surface area contributed by atoms with Gasteiger partial charge in [0, 0.05) is 19.0 Å². The highest BCUT2D eigenvalue weighted by Crippen LogP contribution is 2.23. The standard InChI is InChI=1S/C17H18ClN7O3S/c1-29(27,28)14-5-3-2-4-11(14)6-20-16-13(18)8-21-17(24-16)23-12-7-22-25(9-12)10-15(19)26/h2-5,7-9H,6,10H2,1H3,(H2,19,26)(H2,20,21,23,24). The van der Waals surface area contributed by atoms with Crippen molar-refractivity contribution in [3.05, 3.63) is 53.4 Å². The molecule has 1 aromatic carbocycles. The largest absolute Gasteiger partial charge is 0.368 e. The maximum Gasteiger partial charge on any atom is 0.239 e. The van der Waals surface area contributed by atoms with Crippen LogP contribution in [-0.2, 0) is 27.7 Å². The minimum Gasteiger partial charge on any atom is -0.368 e.